The van der Waals surface area contributed by atoms with E-state index < -0.39 is 12.0 Å². The summed E-state index contributed by atoms with van der Waals surface area (Å²) in [5.74, 6) is -0.856. The first-order valence-corrected chi connectivity index (χ1v) is 3.39. The van der Waals surface area contributed by atoms with Crippen molar-refractivity contribution >= 4 is 5.97 Å². The van der Waals surface area contributed by atoms with Crippen molar-refractivity contribution in [1.82, 2.24) is 4.90 Å². The Labute approximate surface area is 66.0 Å². The molecule has 0 aliphatic carbocycles. The fourth-order valence-electron chi connectivity index (χ4n) is 0.609. The van der Waals surface area contributed by atoms with Gasteiger partial charge in [0.2, 0.25) is 0 Å². The van der Waals surface area contributed by atoms with Crippen LogP contribution < -0.4 is 0 Å². The predicted octanol–water partition coefficient (Wildman–Crippen LogP) is 0.305. The Morgan fingerprint density at radius 2 is 2.36 bits per heavy atom. The van der Waals surface area contributed by atoms with Gasteiger partial charge in [-0.1, -0.05) is 0 Å². The largest absolute Gasteiger partial charge is 0.480 e. The first-order chi connectivity index (χ1) is 5.09. The maximum atomic E-state index is 10.4. The molecular formula is C7H12N2O2. The highest BCUT2D eigenvalue weighted by molar-refractivity contribution is 5.72. The molecule has 0 aromatic carbocycles. The molecular weight excluding hydrogens is 144 g/mol. The van der Waals surface area contributed by atoms with E-state index in [9.17, 15) is 4.79 Å². The maximum absolute atomic E-state index is 10.4. The van der Waals surface area contributed by atoms with Crippen molar-refractivity contribution in [1.29, 1.82) is 5.26 Å². The van der Waals surface area contributed by atoms with Crippen LogP contribution >= 0.6 is 0 Å². The number of hydrogen-bond acceptors (Lipinski definition) is 3. The number of nitrogens with zero attached hydrogens (tertiary/aromatic N) is 2. The average Bonchev–Trinajstić information content (AvgIpc) is 1.98. The van der Waals surface area contributed by atoms with Gasteiger partial charge in [-0.2, -0.15) is 5.26 Å². The quantitative estimate of drug-likeness (QED) is 0.636. The number of carbonyl (C=O) groups is 1. The molecule has 4 nitrogen and oxygen atoms in total. The third kappa shape index (κ3) is 3.58. The molecule has 0 aromatic heterocycles. The first kappa shape index (κ1) is 9.92. The molecule has 0 heterocycles. The van der Waals surface area contributed by atoms with Crippen molar-refractivity contribution < 1.29 is 9.90 Å². The minimum Gasteiger partial charge on any atom is -0.480 e. The highest BCUT2D eigenvalue weighted by Gasteiger charge is 2.15. The van der Waals surface area contributed by atoms with Crippen molar-refractivity contribution in [2.45, 2.75) is 19.4 Å². The van der Waals surface area contributed by atoms with Gasteiger partial charge in [0.05, 0.1) is 6.07 Å². The zero-order valence-corrected chi connectivity index (χ0v) is 6.74. The molecule has 1 atom stereocenters. The van der Waals surface area contributed by atoms with Gasteiger partial charge in [0.1, 0.15) is 6.04 Å². The highest BCUT2D eigenvalue weighted by atomic mass is 16.4. The molecule has 0 aliphatic heterocycles. The molecule has 0 amide bonds. The van der Waals surface area contributed by atoms with Gasteiger partial charge in [0.25, 0.3) is 0 Å². The van der Waals surface area contributed by atoms with Crippen molar-refractivity contribution in [2.24, 2.45) is 0 Å². The van der Waals surface area contributed by atoms with Gasteiger partial charge >= 0.3 is 5.97 Å². The molecule has 1 N–H and O–H groups in total. The maximum Gasteiger partial charge on any atom is 0.320 e. The smallest absolute Gasteiger partial charge is 0.320 e. The zero-order chi connectivity index (χ0) is 8.85. The van der Waals surface area contributed by atoms with Crippen LogP contribution in [0.25, 0.3) is 0 Å². The number of carboxylic acid groups (broad SMARTS) is 1. The van der Waals surface area contributed by atoms with Gasteiger partial charge in [0.15, 0.2) is 0 Å². The average molecular weight is 156 g/mol. The van der Waals surface area contributed by atoms with Crippen LogP contribution in [-0.2, 0) is 4.79 Å². The molecule has 0 bridgehead atoms. The Bertz CT molecular complexity index is 174. The van der Waals surface area contributed by atoms with Gasteiger partial charge in [-0.25, -0.2) is 0 Å². The normalized spacial score (nSPS) is 12.5. The lowest BCUT2D eigenvalue weighted by Gasteiger charge is -2.18. The van der Waals surface area contributed by atoms with E-state index >= 15 is 0 Å². The van der Waals surface area contributed by atoms with Crippen LogP contribution in [0.5, 0.6) is 0 Å². The number of aliphatic carboxylic acids is 1. The van der Waals surface area contributed by atoms with Gasteiger partial charge in [-0.15, -0.1) is 0 Å². The summed E-state index contributed by atoms with van der Waals surface area (Å²) < 4.78 is 0. The van der Waals surface area contributed by atoms with Crippen molar-refractivity contribution in [2.75, 3.05) is 13.6 Å². The molecule has 4 heteroatoms. The summed E-state index contributed by atoms with van der Waals surface area (Å²) in [6.45, 7) is 2.10. The predicted molar refractivity (Wildman–Crippen MR) is 40.0 cm³/mol. The number of likely N-dealkylation sites (N-methyl/N-ethyl adjacent to an activating group) is 1. The van der Waals surface area contributed by atoms with Crippen LogP contribution in [0.2, 0.25) is 0 Å². The Hall–Kier alpha value is -1.08. The highest BCUT2D eigenvalue weighted by Crippen LogP contribution is 1.95. The summed E-state index contributed by atoms with van der Waals surface area (Å²) in [6, 6.07) is 1.45. The van der Waals surface area contributed by atoms with Gasteiger partial charge in [-0.3, -0.25) is 9.69 Å². The second-order valence-electron chi connectivity index (χ2n) is 2.40. The van der Waals surface area contributed by atoms with E-state index in [4.69, 9.17) is 10.4 Å². The van der Waals surface area contributed by atoms with Gasteiger partial charge in [0, 0.05) is 13.0 Å². The molecule has 0 spiro atoms. The van der Waals surface area contributed by atoms with E-state index in [0.29, 0.717) is 13.0 Å². The number of rotatable bonds is 4. The molecule has 11 heavy (non-hydrogen) atoms. The summed E-state index contributed by atoms with van der Waals surface area (Å²) >= 11 is 0. The summed E-state index contributed by atoms with van der Waals surface area (Å²) in [4.78, 5) is 12.0. The SMILES string of the molecule is CC(C(=O)O)N(C)CCC#N. The second kappa shape index (κ2) is 4.69. The second-order valence-corrected chi connectivity index (χ2v) is 2.40. The van der Waals surface area contributed by atoms with E-state index in [2.05, 4.69) is 0 Å². The summed E-state index contributed by atoms with van der Waals surface area (Å²) in [7, 11) is 1.69. The standard InChI is InChI=1S/C7H12N2O2/c1-6(7(10)11)9(2)5-3-4-8/h6H,3,5H2,1-2H3,(H,10,11). The van der Waals surface area contributed by atoms with Crippen LogP contribution in [-0.4, -0.2) is 35.6 Å². The van der Waals surface area contributed by atoms with E-state index in [-0.39, 0.29) is 0 Å². The number of carboxylic acids is 1. The molecule has 0 saturated carbocycles. The third-order valence-electron chi connectivity index (χ3n) is 1.59. The minimum atomic E-state index is -0.856. The molecule has 62 valence electrons. The van der Waals surface area contributed by atoms with E-state index in [1.54, 1.807) is 18.9 Å². The fourth-order valence-corrected chi connectivity index (χ4v) is 0.609. The van der Waals surface area contributed by atoms with Crippen molar-refractivity contribution in [3.8, 4) is 6.07 Å². The lowest BCUT2D eigenvalue weighted by molar-refractivity contribution is -0.142. The molecule has 0 fully saturated rings. The van der Waals surface area contributed by atoms with Crippen LogP contribution in [0.1, 0.15) is 13.3 Å². The Balaban J connectivity index is 3.75. The fraction of sp³-hybridized carbons (Fsp3) is 0.714. The van der Waals surface area contributed by atoms with E-state index in [1.165, 1.54) is 0 Å². The number of hydrogen-bond donors (Lipinski definition) is 1. The molecule has 0 radical (unpaired) electrons. The first-order valence-electron chi connectivity index (χ1n) is 3.39. The van der Waals surface area contributed by atoms with Crippen LogP contribution in [0.4, 0.5) is 0 Å². The van der Waals surface area contributed by atoms with Crippen molar-refractivity contribution in [3.05, 3.63) is 0 Å². The van der Waals surface area contributed by atoms with Gasteiger partial charge in [-0.05, 0) is 14.0 Å². The number of nitriles is 1. The monoisotopic (exact) mass is 156 g/mol. The lowest BCUT2D eigenvalue weighted by Crippen LogP contribution is -2.36. The van der Waals surface area contributed by atoms with Crippen LogP contribution in [0.3, 0.4) is 0 Å². The van der Waals surface area contributed by atoms with E-state index in [1.807, 2.05) is 6.07 Å². The Kier molecular flexibility index (Phi) is 4.23. The molecule has 0 aromatic rings. The molecule has 0 saturated heterocycles. The van der Waals surface area contributed by atoms with Gasteiger partial charge < -0.3 is 5.11 Å². The van der Waals surface area contributed by atoms with Crippen molar-refractivity contribution in [3.63, 3.8) is 0 Å². The Morgan fingerprint density at radius 1 is 1.82 bits per heavy atom. The van der Waals surface area contributed by atoms with E-state index in [0.717, 1.165) is 0 Å². The molecule has 1 unspecified atom stereocenters. The molecule has 0 rings (SSSR count). The summed E-state index contributed by atoms with van der Waals surface area (Å²) in [5, 5.41) is 16.7. The summed E-state index contributed by atoms with van der Waals surface area (Å²) in [5.41, 5.74) is 0. The third-order valence-corrected chi connectivity index (χ3v) is 1.59. The zero-order valence-electron chi connectivity index (χ0n) is 6.74. The minimum absolute atomic E-state index is 0.369. The Morgan fingerprint density at radius 3 is 2.73 bits per heavy atom. The summed E-state index contributed by atoms with van der Waals surface area (Å²) in [6.07, 6.45) is 0.369. The van der Waals surface area contributed by atoms with Crippen LogP contribution in [0.15, 0.2) is 0 Å². The lowest BCUT2D eigenvalue weighted by atomic mass is 10.3. The topological polar surface area (TPSA) is 64.3 Å². The molecule has 0 aliphatic rings. The van der Waals surface area contributed by atoms with Crippen LogP contribution in [0, 0.1) is 11.3 Å².